The predicted molar refractivity (Wildman–Crippen MR) is 54.4 cm³/mol. The predicted octanol–water partition coefficient (Wildman–Crippen LogP) is 2.26. The first kappa shape index (κ1) is 8.81. The number of methoxy groups -OCH3 is 1. The fourth-order valence-corrected chi connectivity index (χ4v) is 1.64. The van der Waals surface area contributed by atoms with Gasteiger partial charge in [-0.2, -0.15) is 0 Å². The largest absolute Gasteiger partial charge is 0.465 e. The van der Waals surface area contributed by atoms with Crippen LogP contribution in [0.4, 0.5) is 0 Å². The van der Waals surface area contributed by atoms with E-state index in [2.05, 4.69) is 4.98 Å². The maximum absolute atomic E-state index is 11.4. The van der Waals surface area contributed by atoms with Gasteiger partial charge in [-0.3, -0.25) is 0 Å². The molecule has 0 aliphatic carbocycles. The van der Waals surface area contributed by atoms with Crippen LogP contribution < -0.4 is 0 Å². The molecule has 0 radical (unpaired) electrons. The minimum atomic E-state index is -0.293. The summed E-state index contributed by atoms with van der Waals surface area (Å²) < 4.78 is 4.72. The van der Waals surface area contributed by atoms with Gasteiger partial charge in [0.1, 0.15) is 0 Å². The number of esters is 1. The first-order valence-corrected chi connectivity index (χ1v) is 4.39. The Morgan fingerprint density at radius 2 is 2.21 bits per heavy atom. The number of carbonyl (C=O) groups is 1. The highest BCUT2D eigenvalue weighted by Gasteiger charge is 2.12. The number of ether oxygens (including phenoxy) is 1. The van der Waals surface area contributed by atoms with E-state index < -0.39 is 0 Å². The van der Waals surface area contributed by atoms with Gasteiger partial charge in [-0.25, -0.2) is 4.79 Å². The average molecular weight is 189 g/mol. The second-order valence-electron chi connectivity index (χ2n) is 3.19. The second-order valence-corrected chi connectivity index (χ2v) is 3.19. The van der Waals surface area contributed by atoms with Gasteiger partial charge in [0.05, 0.1) is 12.7 Å². The van der Waals surface area contributed by atoms with E-state index in [4.69, 9.17) is 4.74 Å². The van der Waals surface area contributed by atoms with Crippen molar-refractivity contribution in [3.8, 4) is 0 Å². The molecule has 0 fully saturated rings. The molecule has 1 aromatic carbocycles. The quantitative estimate of drug-likeness (QED) is 0.699. The van der Waals surface area contributed by atoms with Gasteiger partial charge in [0.2, 0.25) is 0 Å². The Labute approximate surface area is 81.7 Å². The highest BCUT2D eigenvalue weighted by atomic mass is 16.5. The summed E-state index contributed by atoms with van der Waals surface area (Å²) in [5.41, 5.74) is 2.63. The molecular weight excluding hydrogens is 178 g/mol. The monoisotopic (exact) mass is 189 g/mol. The molecule has 0 spiro atoms. The number of aromatic amines is 1. The lowest BCUT2D eigenvalue weighted by Crippen LogP contribution is -2.01. The Kier molecular flexibility index (Phi) is 2.00. The fraction of sp³-hybridized carbons (Fsp3) is 0.182. The molecule has 0 amide bonds. The zero-order chi connectivity index (χ0) is 10.1. The molecule has 0 unspecified atom stereocenters. The van der Waals surface area contributed by atoms with Gasteiger partial charge in [-0.15, -0.1) is 0 Å². The van der Waals surface area contributed by atoms with E-state index in [-0.39, 0.29) is 5.97 Å². The minimum absolute atomic E-state index is 0.293. The fourth-order valence-electron chi connectivity index (χ4n) is 1.64. The topological polar surface area (TPSA) is 42.1 Å². The normalized spacial score (nSPS) is 10.4. The number of aromatic nitrogens is 1. The van der Waals surface area contributed by atoms with Gasteiger partial charge in [-0.1, -0.05) is 6.07 Å². The molecule has 0 bridgehead atoms. The van der Waals surface area contributed by atoms with Gasteiger partial charge in [0.15, 0.2) is 0 Å². The number of H-pyrrole nitrogens is 1. The summed E-state index contributed by atoms with van der Waals surface area (Å²) in [4.78, 5) is 14.5. The average Bonchev–Trinajstić information content (AvgIpc) is 2.59. The summed E-state index contributed by atoms with van der Waals surface area (Å²) in [6.45, 7) is 1.96. The number of benzene rings is 1. The highest BCUT2D eigenvalue weighted by molar-refractivity contribution is 6.05. The molecule has 0 aliphatic heterocycles. The van der Waals surface area contributed by atoms with Crippen LogP contribution in [-0.2, 0) is 4.74 Å². The molecule has 2 aromatic rings. The Balaban J connectivity index is 2.75. The maximum atomic E-state index is 11.4. The molecule has 1 N–H and O–H groups in total. The standard InChI is InChI=1S/C11H11NO2/c1-7-6-12-9-5-3-4-8(10(7)9)11(13)14-2/h3-6,12H,1-2H3. The van der Waals surface area contributed by atoms with Crippen molar-refractivity contribution in [2.24, 2.45) is 0 Å². The summed E-state index contributed by atoms with van der Waals surface area (Å²) in [5, 5.41) is 0.944. The van der Waals surface area contributed by atoms with Crippen LogP contribution in [0.25, 0.3) is 10.9 Å². The Morgan fingerprint density at radius 3 is 2.93 bits per heavy atom. The summed E-state index contributed by atoms with van der Waals surface area (Å²) in [6, 6.07) is 5.55. The van der Waals surface area contributed by atoms with Gasteiger partial charge < -0.3 is 9.72 Å². The number of carbonyl (C=O) groups excluding carboxylic acids is 1. The molecule has 0 saturated heterocycles. The minimum Gasteiger partial charge on any atom is -0.465 e. The lowest BCUT2D eigenvalue weighted by atomic mass is 10.1. The van der Waals surface area contributed by atoms with Crippen LogP contribution in [0.1, 0.15) is 15.9 Å². The van der Waals surface area contributed by atoms with Gasteiger partial charge >= 0.3 is 5.97 Å². The van der Waals surface area contributed by atoms with E-state index in [0.29, 0.717) is 5.56 Å². The van der Waals surface area contributed by atoms with Crippen molar-refractivity contribution in [1.29, 1.82) is 0 Å². The number of hydrogen-bond acceptors (Lipinski definition) is 2. The third kappa shape index (κ3) is 1.18. The Bertz CT molecular complexity index is 485. The number of fused-ring (bicyclic) bond motifs is 1. The molecule has 3 nitrogen and oxygen atoms in total. The van der Waals surface area contributed by atoms with E-state index in [1.165, 1.54) is 7.11 Å². The lowest BCUT2D eigenvalue weighted by Gasteiger charge is -2.01. The van der Waals surface area contributed by atoms with Gasteiger partial charge in [0.25, 0.3) is 0 Å². The van der Waals surface area contributed by atoms with Crippen LogP contribution in [0.15, 0.2) is 24.4 Å². The first-order chi connectivity index (χ1) is 6.74. The third-order valence-electron chi connectivity index (χ3n) is 2.31. The Morgan fingerprint density at radius 1 is 1.43 bits per heavy atom. The first-order valence-electron chi connectivity index (χ1n) is 4.39. The van der Waals surface area contributed by atoms with Crippen molar-refractivity contribution in [2.45, 2.75) is 6.92 Å². The van der Waals surface area contributed by atoms with Crippen molar-refractivity contribution < 1.29 is 9.53 Å². The molecule has 1 heterocycles. The molecule has 72 valence electrons. The van der Waals surface area contributed by atoms with Crippen molar-refractivity contribution in [3.63, 3.8) is 0 Å². The van der Waals surface area contributed by atoms with E-state index in [0.717, 1.165) is 16.5 Å². The molecular formula is C11H11NO2. The van der Waals surface area contributed by atoms with E-state index >= 15 is 0 Å². The van der Waals surface area contributed by atoms with E-state index in [9.17, 15) is 4.79 Å². The third-order valence-corrected chi connectivity index (χ3v) is 2.31. The summed E-state index contributed by atoms with van der Waals surface area (Å²) in [7, 11) is 1.39. The smallest absolute Gasteiger partial charge is 0.338 e. The number of aryl methyl sites for hydroxylation is 1. The second kappa shape index (κ2) is 3.18. The van der Waals surface area contributed by atoms with Gasteiger partial charge in [-0.05, 0) is 24.6 Å². The highest BCUT2D eigenvalue weighted by Crippen LogP contribution is 2.22. The number of hydrogen-bond donors (Lipinski definition) is 1. The Hall–Kier alpha value is -1.77. The molecule has 0 atom stereocenters. The molecule has 0 aliphatic rings. The molecule has 1 aromatic heterocycles. The van der Waals surface area contributed by atoms with Crippen LogP contribution >= 0.6 is 0 Å². The van der Waals surface area contributed by atoms with Crippen LogP contribution in [0, 0.1) is 6.92 Å². The van der Waals surface area contributed by atoms with E-state index in [1.54, 1.807) is 6.07 Å². The maximum Gasteiger partial charge on any atom is 0.338 e. The molecule has 0 saturated carbocycles. The van der Waals surface area contributed by atoms with Gasteiger partial charge in [0, 0.05) is 17.1 Å². The molecule has 14 heavy (non-hydrogen) atoms. The summed E-state index contributed by atoms with van der Waals surface area (Å²) >= 11 is 0. The summed E-state index contributed by atoms with van der Waals surface area (Å²) in [5.74, 6) is -0.293. The van der Waals surface area contributed by atoms with Crippen LogP contribution in [0.2, 0.25) is 0 Å². The lowest BCUT2D eigenvalue weighted by molar-refractivity contribution is 0.0603. The van der Waals surface area contributed by atoms with Crippen LogP contribution in [-0.4, -0.2) is 18.1 Å². The van der Waals surface area contributed by atoms with Crippen molar-refractivity contribution in [2.75, 3.05) is 7.11 Å². The van der Waals surface area contributed by atoms with Crippen LogP contribution in [0.3, 0.4) is 0 Å². The SMILES string of the molecule is COC(=O)c1cccc2[nH]cc(C)c12. The van der Waals surface area contributed by atoms with Crippen molar-refractivity contribution >= 4 is 16.9 Å². The molecule has 3 heteroatoms. The van der Waals surface area contributed by atoms with Crippen molar-refractivity contribution in [3.05, 3.63) is 35.5 Å². The zero-order valence-electron chi connectivity index (χ0n) is 8.13. The van der Waals surface area contributed by atoms with Crippen molar-refractivity contribution in [1.82, 2.24) is 4.98 Å². The zero-order valence-corrected chi connectivity index (χ0v) is 8.13. The number of rotatable bonds is 1. The van der Waals surface area contributed by atoms with Crippen LogP contribution in [0.5, 0.6) is 0 Å². The summed E-state index contributed by atoms with van der Waals surface area (Å²) in [6.07, 6.45) is 1.89. The van der Waals surface area contributed by atoms with E-state index in [1.807, 2.05) is 25.3 Å². The molecule has 2 rings (SSSR count). The number of nitrogens with one attached hydrogen (secondary N) is 1.